The van der Waals surface area contributed by atoms with E-state index in [0.29, 0.717) is 28.3 Å². The number of halogens is 6. The maximum atomic E-state index is 14.4. The zero-order chi connectivity index (χ0) is 25.7. The normalized spacial score (nSPS) is 19.6. The van der Waals surface area contributed by atoms with Gasteiger partial charge in [0.25, 0.3) is 5.60 Å². The van der Waals surface area contributed by atoms with Gasteiger partial charge in [0, 0.05) is 21.3 Å². The lowest BCUT2D eigenvalue weighted by atomic mass is 9.85. The first-order valence-corrected chi connectivity index (χ1v) is 12.7. The second-order valence-electron chi connectivity index (χ2n) is 8.78. The largest absolute Gasteiger partial charge is 0.435 e. The van der Waals surface area contributed by atoms with E-state index in [0.717, 1.165) is 41.5 Å². The number of hydrogen-bond donors (Lipinski definition) is 0. The summed E-state index contributed by atoms with van der Waals surface area (Å²) >= 11 is 13.1. The molecule has 3 aromatic rings. The molecule has 1 aliphatic heterocycles. The number of carbonyl (C=O) groups excluding carboxylic acids is 1. The SMILES string of the molecule is O=C(Cc1ccc(F)cn1)c1sc(C2=NOC(c3cc(Cl)cc(Cl)c3)(C(F)(F)F)C2)c2c1CCCC2. The molecule has 2 aromatic heterocycles. The Hall–Kier alpha value is -2.49. The molecule has 11 heteroatoms. The molecule has 36 heavy (non-hydrogen) atoms. The van der Waals surface area contributed by atoms with Gasteiger partial charge in [-0.3, -0.25) is 9.78 Å². The van der Waals surface area contributed by atoms with Gasteiger partial charge in [-0.2, -0.15) is 13.2 Å². The van der Waals surface area contributed by atoms with Crippen LogP contribution >= 0.6 is 34.5 Å². The van der Waals surface area contributed by atoms with Gasteiger partial charge in [-0.1, -0.05) is 28.4 Å². The first kappa shape index (κ1) is 25.2. The number of pyridine rings is 1. The van der Waals surface area contributed by atoms with E-state index < -0.39 is 24.0 Å². The molecule has 0 radical (unpaired) electrons. The Kier molecular flexibility index (Phi) is 6.59. The summed E-state index contributed by atoms with van der Waals surface area (Å²) in [6.07, 6.45) is -1.38. The van der Waals surface area contributed by atoms with Crippen molar-refractivity contribution in [2.75, 3.05) is 0 Å². The Morgan fingerprint density at radius 2 is 1.78 bits per heavy atom. The number of rotatable bonds is 5. The van der Waals surface area contributed by atoms with Crippen LogP contribution in [0.2, 0.25) is 10.0 Å². The third kappa shape index (κ3) is 4.53. The second-order valence-corrected chi connectivity index (χ2v) is 10.7. The number of oxime groups is 1. The summed E-state index contributed by atoms with van der Waals surface area (Å²) in [5.74, 6) is -0.720. The average molecular weight is 557 g/mol. The summed E-state index contributed by atoms with van der Waals surface area (Å²) in [7, 11) is 0. The van der Waals surface area contributed by atoms with Gasteiger partial charge in [-0.15, -0.1) is 11.3 Å². The molecule has 5 rings (SSSR count). The van der Waals surface area contributed by atoms with Crippen LogP contribution in [0.4, 0.5) is 17.6 Å². The third-order valence-corrected chi connectivity index (χ3v) is 8.18. The average Bonchev–Trinajstić information content (AvgIpc) is 3.43. The molecular formula is C25H18Cl2F4N2O2S. The first-order valence-electron chi connectivity index (χ1n) is 11.1. The number of carbonyl (C=O) groups is 1. The molecule has 1 unspecified atom stereocenters. The van der Waals surface area contributed by atoms with Crippen LogP contribution in [-0.2, 0) is 29.7 Å². The number of benzene rings is 1. The molecule has 0 fully saturated rings. The Balaban J connectivity index is 1.51. The standard InChI is InChI=1S/C25H18Cl2F4N2O2S/c26-14-7-13(8-15(27)9-14)24(25(29,30)31)11-20(33-35-24)22-18-3-1-2-4-19(18)23(36-22)21(34)10-17-6-5-16(28)12-32-17/h5-9,12H,1-4,10-11H2. The predicted molar refractivity (Wildman–Crippen MR) is 130 cm³/mol. The Bertz CT molecular complexity index is 1350. The van der Waals surface area contributed by atoms with Crippen molar-refractivity contribution < 1.29 is 27.2 Å². The summed E-state index contributed by atoms with van der Waals surface area (Å²) in [6.45, 7) is 0. The number of ketones is 1. The lowest BCUT2D eigenvalue weighted by Crippen LogP contribution is -2.42. The van der Waals surface area contributed by atoms with E-state index in [9.17, 15) is 22.4 Å². The minimum atomic E-state index is -4.81. The minimum Gasteiger partial charge on any atom is -0.374 e. The van der Waals surface area contributed by atoms with Crippen LogP contribution in [0, 0.1) is 5.82 Å². The van der Waals surface area contributed by atoms with Crippen molar-refractivity contribution in [1.82, 2.24) is 4.98 Å². The number of Topliss-reactive ketones (excluding diaryl/α,β-unsaturated/α-hetero) is 1. The Morgan fingerprint density at radius 3 is 2.42 bits per heavy atom. The summed E-state index contributed by atoms with van der Waals surface area (Å²) in [6, 6.07) is 6.37. The highest BCUT2D eigenvalue weighted by Crippen LogP contribution is 2.51. The van der Waals surface area contributed by atoms with Crippen molar-refractivity contribution in [3.8, 4) is 0 Å². The van der Waals surface area contributed by atoms with Crippen LogP contribution in [0.25, 0.3) is 0 Å². The quantitative estimate of drug-likeness (QED) is 0.242. The Morgan fingerprint density at radius 1 is 1.08 bits per heavy atom. The summed E-state index contributed by atoms with van der Waals surface area (Å²) in [4.78, 5) is 23.3. The molecule has 0 saturated heterocycles. The molecule has 4 nitrogen and oxygen atoms in total. The summed E-state index contributed by atoms with van der Waals surface area (Å²) in [5.41, 5.74) is -0.764. The van der Waals surface area contributed by atoms with Gasteiger partial charge < -0.3 is 4.84 Å². The fourth-order valence-corrected chi connectivity index (χ4v) is 6.50. The van der Waals surface area contributed by atoms with Gasteiger partial charge in [0.15, 0.2) is 5.78 Å². The maximum absolute atomic E-state index is 14.4. The van der Waals surface area contributed by atoms with Crippen LogP contribution in [-0.4, -0.2) is 22.7 Å². The van der Waals surface area contributed by atoms with Crippen molar-refractivity contribution in [3.63, 3.8) is 0 Å². The number of hydrogen-bond acceptors (Lipinski definition) is 5. The van der Waals surface area contributed by atoms with Gasteiger partial charge >= 0.3 is 6.18 Å². The first-order chi connectivity index (χ1) is 17.1. The van der Waals surface area contributed by atoms with Gasteiger partial charge in [-0.05, 0) is 67.1 Å². The number of fused-ring (bicyclic) bond motifs is 1. The van der Waals surface area contributed by atoms with E-state index in [2.05, 4.69) is 10.1 Å². The van der Waals surface area contributed by atoms with Crippen LogP contribution in [0.3, 0.4) is 0 Å². The van der Waals surface area contributed by atoms with E-state index in [1.807, 2.05) is 0 Å². The van der Waals surface area contributed by atoms with Crippen molar-refractivity contribution in [2.45, 2.75) is 50.3 Å². The summed E-state index contributed by atoms with van der Waals surface area (Å²) < 4.78 is 56.5. The Labute approximate surface area is 217 Å². The van der Waals surface area contributed by atoms with Gasteiger partial charge in [0.1, 0.15) is 11.5 Å². The second kappa shape index (κ2) is 9.43. The smallest absolute Gasteiger partial charge is 0.374 e. The van der Waals surface area contributed by atoms with Gasteiger partial charge in [-0.25, -0.2) is 4.39 Å². The molecule has 0 saturated carbocycles. The number of thiophene rings is 1. The molecule has 1 aliphatic carbocycles. The highest BCUT2D eigenvalue weighted by atomic mass is 35.5. The van der Waals surface area contributed by atoms with Crippen molar-refractivity contribution >= 4 is 46.0 Å². The third-order valence-electron chi connectivity index (χ3n) is 6.38. The van der Waals surface area contributed by atoms with Crippen LogP contribution < -0.4 is 0 Å². The lowest BCUT2D eigenvalue weighted by molar-refractivity contribution is -0.275. The predicted octanol–water partition coefficient (Wildman–Crippen LogP) is 7.48. The summed E-state index contributed by atoms with van der Waals surface area (Å²) in [5, 5.41) is 3.99. The van der Waals surface area contributed by atoms with Crippen molar-refractivity contribution in [1.29, 1.82) is 0 Å². The van der Waals surface area contributed by atoms with Crippen LogP contribution in [0.5, 0.6) is 0 Å². The van der Waals surface area contributed by atoms with Crippen LogP contribution in [0.1, 0.15) is 56.2 Å². The number of nitrogens with zero attached hydrogens (tertiary/aromatic N) is 2. The van der Waals surface area contributed by atoms with Gasteiger partial charge in [0.2, 0.25) is 0 Å². The van der Waals surface area contributed by atoms with Crippen molar-refractivity contribution in [2.24, 2.45) is 5.16 Å². The maximum Gasteiger partial charge on any atom is 0.435 e. The van der Waals surface area contributed by atoms with Crippen molar-refractivity contribution in [3.05, 3.63) is 84.5 Å². The molecule has 0 spiro atoms. The van der Waals surface area contributed by atoms with E-state index in [1.54, 1.807) is 0 Å². The number of aromatic nitrogens is 1. The molecular weight excluding hydrogens is 539 g/mol. The lowest BCUT2D eigenvalue weighted by Gasteiger charge is -2.29. The van der Waals surface area contributed by atoms with Gasteiger partial charge in [0.05, 0.1) is 28.8 Å². The molecule has 0 N–H and O–H groups in total. The highest BCUT2D eigenvalue weighted by Gasteiger charge is 2.62. The molecule has 3 heterocycles. The van der Waals surface area contributed by atoms with E-state index >= 15 is 0 Å². The highest BCUT2D eigenvalue weighted by molar-refractivity contribution is 7.16. The fourth-order valence-electron chi connectivity index (χ4n) is 4.66. The zero-order valence-electron chi connectivity index (χ0n) is 18.6. The van der Waals surface area contributed by atoms with E-state index in [-0.39, 0.29) is 33.5 Å². The fraction of sp³-hybridized carbons (Fsp3) is 0.320. The molecule has 1 atom stereocenters. The topological polar surface area (TPSA) is 51.5 Å². The zero-order valence-corrected chi connectivity index (χ0v) is 20.9. The molecule has 0 bridgehead atoms. The molecule has 2 aliphatic rings. The minimum absolute atomic E-state index is 0.0385. The van der Waals surface area contributed by atoms with E-state index in [4.69, 9.17) is 28.0 Å². The van der Waals surface area contributed by atoms with E-state index in [1.165, 1.54) is 30.3 Å². The number of alkyl halides is 3. The molecule has 1 aromatic carbocycles. The molecule has 188 valence electrons. The van der Waals surface area contributed by atoms with Crippen LogP contribution in [0.15, 0.2) is 41.7 Å². The molecule has 0 amide bonds. The monoisotopic (exact) mass is 556 g/mol.